The lowest BCUT2D eigenvalue weighted by Gasteiger charge is -2.12. The second-order valence-electron chi connectivity index (χ2n) is 4.90. The molecule has 0 unspecified atom stereocenters. The topological polar surface area (TPSA) is 45.6 Å². The predicted octanol–water partition coefficient (Wildman–Crippen LogP) is 4.50. The summed E-state index contributed by atoms with van der Waals surface area (Å²) in [7, 11) is 0. The lowest BCUT2D eigenvalue weighted by Crippen LogP contribution is -2.28. The molecule has 7 heteroatoms. The Morgan fingerprint density at radius 2 is 2.17 bits per heavy atom. The Morgan fingerprint density at radius 3 is 2.88 bits per heavy atom. The van der Waals surface area contributed by atoms with E-state index in [1.807, 2.05) is 6.92 Å². The van der Waals surface area contributed by atoms with Crippen LogP contribution in [-0.4, -0.2) is 27.5 Å². The Balaban J connectivity index is 1.98. The highest BCUT2D eigenvalue weighted by Gasteiger charge is 2.32. The number of nitrogens with zero attached hydrogens (tertiary/aromatic N) is 3. The molecule has 1 aromatic carbocycles. The molecule has 1 aliphatic rings. The van der Waals surface area contributed by atoms with Gasteiger partial charge in [-0.2, -0.15) is 0 Å². The van der Waals surface area contributed by atoms with E-state index in [0.717, 1.165) is 0 Å². The fourth-order valence-electron chi connectivity index (χ4n) is 2.17. The van der Waals surface area contributed by atoms with Crippen LogP contribution in [0, 0.1) is 5.82 Å². The Bertz CT molecular complexity index is 853. The summed E-state index contributed by atoms with van der Waals surface area (Å²) in [5, 5.41) is 0.916. The number of likely N-dealkylation sites (N-methyl/N-ethyl adjacent to an activating group) is 1. The maximum atomic E-state index is 13.8. The minimum absolute atomic E-state index is 0.199. The molecule has 122 valence electrons. The van der Waals surface area contributed by atoms with Gasteiger partial charge in [0.15, 0.2) is 5.17 Å². The van der Waals surface area contributed by atoms with Crippen molar-refractivity contribution in [2.45, 2.75) is 6.92 Å². The first-order valence-corrected chi connectivity index (χ1v) is 8.43. The molecule has 3 rings (SSSR count). The van der Waals surface area contributed by atoms with Crippen molar-refractivity contribution in [3.05, 3.63) is 64.0 Å². The molecular weight excluding hydrogens is 349 g/mol. The fraction of sp³-hybridized carbons (Fsp3) is 0.118. The van der Waals surface area contributed by atoms with E-state index in [-0.39, 0.29) is 11.7 Å². The number of carbonyl (C=O) groups is 1. The van der Waals surface area contributed by atoms with Gasteiger partial charge in [-0.1, -0.05) is 29.8 Å². The van der Waals surface area contributed by atoms with Crippen LogP contribution in [0.25, 0.3) is 6.08 Å². The van der Waals surface area contributed by atoms with Crippen molar-refractivity contribution in [2.24, 2.45) is 4.99 Å². The van der Waals surface area contributed by atoms with Crippen LogP contribution in [0.4, 0.5) is 10.1 Å². The van der Waals surface area contributed by atoms with Crippen LogP contribution >= 0.6 is 23.4 Å². The van der Waals surface area contributed by atoms with Gasteiger partial charge >= 0.3 is 0 Å². The van der Waals surface area contributed by atoms with E-state index >= 15 is 0 Å². The molecule has 4 nitrogen and oxygen atoms in total. The molecular formula is C17H13ClFN3OS. The molecule has 0 atom stereocenters. The van der Waals surface area contributed by atoms with E-state index in [4.69, 9.17) is 11.6 Å². The maximum Gasteiger partial charge on any atom is 0.266 e. The third-order valence-corrected chi connectivity index (χ3v) is 4.66. The smallest absolute Gasteiger partial charge is 0.266 e. The first kappa shape index (κ1) is 16.7. The molecule has 1 amide bonds. The molecule has 0 N–H and O–H groups in total. The van der Waals surface area contributed by atoms with Crippen molar-refractivity contribution in [3.8, 4) is 0 Å². The quantitative estimate of drug-likeness (QED) is 0.756. The van der Waals surface area contributed by atoms with E-state index in [9.17, 15) is 9.18 Å². The number of hydrogen-bond donors (Lipinski definition) is 0. The summed E-state index contributed by atoms with van der Waals surface area (Å²) >= 11 is 7.27. The van der Waals surface area contributed by atoms with Gasteiger partial charge in [-0.3, -0.25) is 14.7 Å². The normalized spacial score (nSPS) is 18.0. The van der Waals surface area contributed by atoms with Gasteiger partial charge in [0.1, 0.15) is 5.82 Å². The van der Waals surface area contributed by atoms with Gasteiger partial charge in [0.2, 0.25) is 0 Å². The molecule has 0 saturated carbocycles. The van der Waals surface area contributed by atoms with Gasteiger partial charge in [-0.05, 0) is 36.9 Å². The summed E-state index contributed by atoms with van der Waals surface area (Å²) in [5.74, 6) is -0.571. The highest BCUT2D eigenvalue weighted by atomic mass is 35.5. The Labute approximate surface area is 148 Å². The summed E-state index contributed by atoms with van der Waals surface area (Å²) in [5.41, 5.74) is 0.903. The Morgan fingerprint density at radius 1 is 1.38 bits per heavy atom. The molecule has 2 aromatic rings. The zero-order chi connectivity index (χ0) is 17.1. The predicted molar refractivity (Wildman–Crippen MR) is 95.7 cm³/mol. The molecule has 1 fully saturated rings. The molecule has 2 heterocycles. The lowest BCUT2D eigenvalue weighted by molar-refractivity contribution is -0.122. The number of amidine groups is 1. The molecule has 0 bridgehead atoms. The maximum absolute atomic E-state index is 13.8. The molecule has 24 heavy (non-hydrogen) atoms. The second-order valence-corrected chi connectivity index (χ2v) is 6.32. The number of carbonyl (C=O) groups excluding carboxylic acids is 1. The SMILES string of the molecule is CCN1C(=O)/C(=C/c2ccccc2F)SC1=Nc1ccncc1Cl. The van der Waals surface area contributed by atoms with Crippen molar-refractivity contribution in [1.82, 2.24) is 9.88 Å². The van der Waals surface area contributed by atoms with Gasteiger partial charge in [0, 0.05) is 24.5 Å². The van der Waals surface area contributed by atoms with Gasteiger partial charge in [-0.25, -0.2) is 9.38 Å². The van der Waals surface area contributed by atoms with Crippen molar-refractivity contribution >= 4 is 46.2 Å². The largest absolute Gasteiger partial charge is 0.287 e. The first-order chi connectivity index (χ1) is 11.6. The van der Waals surface area contributed by atoms with Crippen molar-refractivity contribution in [2.75, 3.05) is 6.54 Å². The highest BCUT2D eigenvalue weighted by molar-refractivity contribution is 8.18. The summed E-state index contributed by atoms with van der Waals surface area (Å²) < 4.78 is 13.8. The zero-order valence-corrected chi connectivity index (χ0v) is 14.3. The second kappa shape index (κ2) is 7.15. The fourth-order valence-corrected chi connectivity index (χ4v) is 3.37. The number of thioether (sulfide) groups is 1. The summed E-state index contributed by atoms with van der Waals surface area (Å²) in [6.07, 6.45) is 4.62. The zero-order valence-electron chi connectivity index (χ0n) is 12.7. The van der Waals surface area contributed by atoms with Crippen LogP contribution in [-0.2, 0) is 4.79 Å². The lowest BCUT2D eigenvalue weighted by atomic mass is 10.2. The van der Waals surface area contributed by atoms with E-state index in [1.165, 1.54) is 28.9 Å². The Hall–Kier alpha value is -2.18. The number of aliphatic imine (C=N–C) groups is 1. The van der Waals surface area contributed by atoms with Crippen molar-refractivity contribution < 1.29 is 9.18 Å². The first-order valence-electron chi connectivity index (χ1n) is 7.24. The molecule has 1 aliphatic heterocycles. The molecule has 1 saturated heterocycles. The number of amides is 1. The summed E-state index contributed by atoms with van der Waals surface area (Å²) in [6.45, 7) is 2.32. The van der Waals surface area contributed by atoms with Crippen LogP contribution < -0.4 is 0 Å². The third-order valence-electron chi connectivity index (χ3n) is 3.36. The van der Waals surface area contributed by atoms with Gasteiger partial charge in [-0.15, -0.1) is 0 Å². The minimum atomic E-state index is -0.371. The van der Waals surface area contributed by atoms with Gasteiger partial charge < -0.3 is 0 Å². The summed E-state index contributed by atoms with van der Waals surface area (Å²) in [4.78, 5) is 22.8. The van der Waals surface area contributed by atoms with E-state index in [2.05, 4.69) is 9.98 Å². The van der Waals surface area contributed by atoms with Crippen molar-refractivity contribution in [1.29, 1.82) is 0 Å². The summed E-state index contributed by atoms with van der Waals surface area (Å²) in [6, 6.07) is 7.99. The number of benzene rings is 1. The Kier molecular flexibility index (Phi) is 4.97. The average molecular weight is 362 g/mol. The monoisotopic (exact) mass is 361 g/mol. The molecule has 0 spiro atoms. The van der Waals surface area contributed by atoms with Gasteiger partial charge in [0.25, 0.3) is 5.91 Å². The van der Waals surface area contributed by atoms with E-state index < -0.39 is 0 Å². The molecule has 1 aromatic heterocycles. The number of halogens is 2. The molecule has 0 radical (unpaired) electrons. The number of pyridine rings is 1. The minimum Gasteiger partial charge on any atom is -0.287 e. The number of aromatic nitrogens is 1. The van der Waals surface area contributed by atoms with Crippen LogP contribution in [0.2, 0.25) is 5.02 Å². The standard InChI is InChI=1S/C17H13ClFN3OS/c1-2-22-16(23)15(9-11-5-3-4-6-13(11)19)24-17(22)21-14-7-8-20-10-12(14)18/h3-10H,2H2,1H3/b15-9-,21-17?. The third kappa shape index (κ3) is 3.34. The van der Waals surface area contributed by atoms with Crippen molar-refractivity contribution in [3.63, 3.8) is 0 Å². The van der Waals surface area contributed by atoms with Crippen LogP contribution in [0.5, 0.6) is 0 Å². The van der Waals surface area contributed by atoms with Crippen LogP contribution in [0.3, 0.4) is 0 Å². The van der Waals surface area contributed by atoms with Crippen LogP contribution in [0.1, 0.15) is 12.5 Å². The van der Waals surface area contributed by atoms with Crippen LogP contribution in [0.15, 0.2) is 52.6 Å². The molecule has 0 aliphatic carbocycles. The number of rotatable bonds is 3. The number of hydrogen-bond acceptors (Lipinski definition) is 4. The van der Waals surface area contributed by atoms with E-state index in [1.54, 1.807) is 36.5 Å². The van der Waals surface area contributed by atoms with E-state index in [0.29, 0.717) is 32.9 Å². The average Bonchev–Trinajstić information content (AvgIpc) is 2.87. The van der Waals surface area contributed by atoms with Gasteiger partial charge in [0.05, 0.1) is 15.6 Å². The highest BCUT2D eigenvalue weighted by Crippen LogP contribution is 2.35.